The van der Waals surface area contributed by atoms with Gasteiger partial charge in [0.15, 0.2) is 0 Å². The summed E-state index contributed by atoms with van der Waals surface area (Å²) >= 11 is 0. The van der Waals surface area contributed by atoms with Crippen molar-refractivity contribution in [2.24, 2.45) is 11.7 Å². The Kier molecular flexibility index (Phi) is 6.82. The van der Waals surface area contributed by atoms with E-state index in [0.29, 0.717) is 26.1 Å². The van der Waals surface area contributed by atoms with Crippen LogP contribution in [0.15, 0.2) is 54.6 Å². The molecule has 1 atom stereocenters. The van der Waals surface area contributed by atoms with E-state index in [1.54, 1.807) is 4.90 Å². The average Bonchev–Trinajstić information content (AvgIpc) is 2.89. The third kappa shape index (κ3) is 4.78. The van der Waals surface area contributed by atoms with Crippen LogP contribution in [0.5, 0.6) is 0 Å². The minimum Gasteiger partial charge on any atom is -0.341 e. The minimum absolute atomic E-state index is 0.0134. The maximum atomic E-state index is 13.0. The van der Waals surface area contributed by atoms with Crippen LogP contribution in [-0.4, -0.2) is 54.3 Å². The topological polar surface area (TPSA) is 66.6 Å². The summed E-state index contributed by atoms with van der Waals surface area (Å²) in [5.74, 6) is -0.177. The van der Waals surface area contributed by atoms with Crippen molar-refractivity contribution in [2.75, 3.05) is 32.7 Å². The number of hydrogen-bond donors (Lipinski definition) is 1. The van der Waals surface area contributed by atoms with Crippen LogP contribution in [0.4, 0.5) is 0 Å². The Morgan fingerprint density at radius 1 is 1.04 bits per heavy atom. The van der Waals surface area contributed by atoms with Crippen molar-refractivity contribution in [3.8, 4) is 11.1 Å². The molecular formula is C23H29N3O2. The van der Waals surface area contributed by atoms with Crippen molar-refractivity contribution < 1.29 is 9.59 Å². The average molecular weight is 380 g/mol. The lowest BCUT2D eigenvalue weighted by molar-refractivity contribution is -0.134. The number of hydrogen-bond acceptors (Lipinski definition) is 3. The second-order valence-corrected chi connectivity index (χ2v) is 7.33. The van der Waals surface area contributed by atoms with Crippen LogP contribution in [0.2, 0.25) is 0 Å². The van der Waals surface area contributed by atoms with Gasteiger partial charge in [0, 0.05) is 26.2 Å². The summed E-state index contributed by atoms with van der Waals surface area (Å²) in [7, 11) is 0. The number of nitrogens with zero attached hydrogens (tertiary/aromatic N) is 2. The first-order valence-electron chi connectivity index (χ1n) is 10.0. The Labute approximate surface area is 167 Å². The molecule has 0 unspecified atom stereocenters. The van der Waals surface area contributed by atoms with Gasteiger partial charge in [-0.3, -0.25) is 9.59 Å². The summed E-state index contributed by atoms with van der Waals surface area (Å²) in [6, 6.07) is 18.6. The number of nitrogens with two attached hydrogens (primary N) is 1. The first kappa shape index (κ1) is 20.1. The van der Waals surface area contributed by atoms with Gasteiger partial charge >= 0.3 is 0 Å². The number of rotatable bonds is 6. The number of carbonyl (C=O) groups excluding carboxylic acids is 2. The molecule has 2 aromatic carbocycles. The van der Waals surface area contributed by atoms with Gasteiger partial charge in [0.2, 0.25) is 11.8 Å². The van der Waals surface area contributed by atoms with Crippen LogP contribution in [0, 0.1) is 5.92 Å². The molecule has 0 radical (unpaired) electrons. The van der Waals surface area contributed by atoms with E-state index < -0.39 is 0 Å². The smallest absolute Gasteiger partial charge is 0.236 e. The van der Waals surface area contributed by atoms with Gasteiger partial charge in [0.25, 0.3) is 0 Å². The number of amides is 2. The lowest BCUT2D eigenvalue weighted by Crippen LogP contribution is -2.40. The first-order chi connectivity index (χ1) is 13.6. The lowest BCUT2D eigenvalue weighted by atomic mass is 9.95. The molecule has 5 heteroatoms. The largest absolute Gasteiger partial charge is 0.341 e. The van der Waals surface area contributed by atoms with Gasteiger partial charge in [-0.1, -0.05) is 61.5 Å². The van der Waals surface area contributed by atoms with Crippen molar-refractivity contribution in [3.05, 3.63) is 60.2 Å². The summed E-state index contributed by atoms with van der Waals surface area (Å²) in [5, 5.41) is 0. The Morgan fingerprint density at radius 2 is 1.71 bits per heavy atom. The van der Waals surface area contributed by atoms with Gasteiger partial charge in [-0.25, -0.2) is 0 Å². The van der Waals surface area contributed by atoms with Crippen LogP contribution < -0.4 is 5.73 Å². The molecule has 148 valence electrons. The maximum absolute atomic E-state index is 13.0. The van der Waals surface area contributed by atoms with Crippen LogP contribution in [0.3, 0.4) is 0 Å². The normalized spacial score (nSPS) is 17.5. The molecule has 28 heavy (non-hydrogen) atoms. The summed E-state index contributed by atoms with van der Waals surface area (Å²) in [4.78, 5) is 28.8. The standard InChI is InChI=1S/C23H29N3O2/c1-2-12-25-13-14-26(22(27)16-24)17-21(23(25)28)15-18-8-10-20(11-9-18)19-6-4-3-5-7-19/h3-11,21H,2,12-17,24H2,1H3/t21-/m0/s1. The van der Waals surface area contributed by atoms with Gasteiger partial charge in [0.05, 0.1) is 12.5 Å². The highest BCUT2D eigenvalue weighted by Crippen LogP contribution is 2.22. The molecule has 1 aliphatic heterocycles. The fraction of sp³-hybridized carbons (Fsp3) is 0.391. The van der Waals surface area contributed by atoms with Crippen molar-refractivity contribution in [1.29, 1.82) is 0 Å². The maximum Gasteiger partial charge on any atom is 0.236 e. The molecule has 2 amide bonds. The highest BCUT2D eigenvalue weighted by atomic mass is 16.2. The van der Waals surface area contributed by atoms with Crippen LogP contribution in [-0.2, 0) is 16.0 Å². The Bertz CT molecular complexity index is 789. The van der Waals surface area contributed by atoms with Crippen molar-refractivity contribution in [2.45, 2.75) is 19.8 Å². The second kappa shape index (κ2) is 9.51. The fourth-order valence-electron chi connectivity index (χ4n) is 3.79. The SMILES string of the molecule is CCCN1CCN(C(=O)CN)C[C@H](Cc2ccc(-c3ccccc3)cc2)C1=O. The van der Waals surface area contributed by atoms with Crippen LogP contribution in [0.1, 0.15) is 18.9 Å². The van der Waals surface area contributed by atoms with E-state index in [2.05, 4.69) is 43.3 Å². The third-order valence-corrected chi connectivity index (χ3v) is 5.31. The molecular weight excluding hydrogens is 350 g/mol. The first-order valence-corrected chi connectivity index (χ1v) is 10.0. The zero-order valence-electron chi connectivity index (χ0n) is 16.5. The van der Waals surface area contributed by atoms with Crippen molar-refractivity contribution in [3.63, 3.8) is 0 Å². The van der Waals surface area contributed by atoms with Crippen LogP contribution >= 0.6 is 0 Å². The fourth-order valence-corrected chi connectivity index (χ4v) is 3.79. The molecule has 0 saturated carbocycles. The van der Waals surface area contributed by atoms with E-state index in [4.69, 9.17) is 5.73 Å². The van der Waals surface area contributed by atoms with E-state index in [1.165, 1.54) is 5.56 Å². The van der Waals surface area contributed by atoms with Crippen molar-refractivity contribution in [1.82, 2.24) is 9.80 Å². The zero-order valence-corrected chi connectivity index (χ0v) is 16.5. The lowest BCUT2D eigenvalue weighted by Gasteiger charge is -2.23. The summed E-state index contributed by atoms with van der Waals surface area (Å²) in [6.45, 7) is 4.37. The molecule has 1 fully saturated rings. The molecule has 0 aliphatic carbocycles. The molecule has 1 heterocycles. The summed E-state index contributed by atoms with van der Waals surface area (Å²) in [6.07, 6.45) is 1.54. The molecule has 2 N–H and O–H groups in total. The van der Waals surface area contributed by atoms with Gasteiger partial charge < -0.3 is 15.5 Å². The van der Waals surface area contributed by atoms with Crippen molar-refractivity contribution >= 4 is 11.8 Å². The molecule has 1 saturated heterocycles. The monoisotopic (exact) mass is 379 g/mol. The Hall–Kier alpha value is -2.66. The molecule has 0 aromatic heterocycles. The van der Waals surface area contributed by atoms with E-state index in [1.807, 2.05) is 23.1 Å². The third-order valence-electron chi connectivity index (χ3n) is 5.31. The molecule has 0 spiro atoms. The second-order valence-electron chi connectivity index (χ2n) is 7.33. The van der Waals surface area contributed by atoms with E-state index in [-0.39, 0.29) is 24.3 Å². The minimum atomic E-state index is -0.230. The highest BCUT2D eigenvalue weighted by molar-refractivity contribution is 5.83. The van der Waals surface area contributed by atoms with Gasteiger partial charge in [0.1, 0.15) is 0 Å². The zero-order chi connectivity index (χ0) is 19.9. The van der Waals surface area contributed by atoms with E-state index in [0.717, 1.165) is 24.1 Å². The predicted octanol–water partition coefficient (Wildman–Crippen LogP) is 2.55. The van der Waals surface area contributed by atoms with Crippen LogP contribution in [0.25, 0.3) is 11.1 Å². The number of carbonyl (C=O) groups is 2. The highest BCUT2D eigenvalue weighted by Gasteiger charge is 2.31. The number of benzene rings is 2. The summed E-state index contributed by atoms with van der Waals surface area (Å²) in [5.41, 5.74) is 9.00. The molecule has 5 nitrogen and oxygen atoms in total. The molecule has 3 rings (SSSR count). The summed E-state index contributed by atoms with van der Waals surface area (Å²) < 4.78 is 0. The molecule has 1 aliphatic rings. The molecule has 0 bridgehead atoms. The Balaban J connectivity index is 1.77. The van der Waals surface area contributed by atoms with Gasteiger partial charge in [-0.05, 0) is 29.5 Å². The van der Waals surface area contributed by atoms with E-state index >= 15 is 0 Å². The van der Waals surface area contributed by atoms with Gasteiger partial charge in [-0.2, -0.15) is 0 Å². The van der Waals surface area contributed by atoms with E-state index in [9.17, 15) is 9.59 Å². The molecule has 2 aromatic rings. The van der Waals surface area contributed by atoms with Gasteiger partial charge in [-0.15, -0.1) is 0 Å². The quantitative estimate of drug-likeness (QED) is 0.839. The predicted molar refractivity (Wildman–Crippen MR) is 112 cm³/mol. The Morgan fingerprint density at radius 3 is 2.36 bits per heavy atom.